The van der Waals surface area contributed by atoms with E-state index >= 15 is 0 Å². The number of rotatable bonds is 5. The molecule has 0 aliphatic heterocycles. The van der Waals surface area contributed by atoms with E-state index in [-0.39, 0.29) is 0 Å². The lowest BCUT2D eigenvalue weighted by Gasteiger charge is -2.22. The fourth-order valence-electron chi connectivity index (χ4n) is 2.36. The summed E-state index contributed by atoms with van der Waals surface area (Å²) in [5, 5.41) is 0. The molecule has 2 rings (SSSR count). The molecule has 0 radical (unpaired) electrons. The third kappa shape index (κ3) is 5.45. The van der Waals surface area contributed by atoms with Crippen LogP contribution in [0.15, 0.2) is 78.5 Å². The zero-order valence-corrected chi connectivity index (χ0v) is 15.1. The smallest absolute Gasteiger partial charge is 0.0411 e. The molecular weight excluding hydrogens is 278 g/mol. The van der Waals surface area contributed by atoms with Gasteiger partial charge in [-0.05, 0) is 42.7 Å². The maximum Gasteiger partial charge on any atom is 0.0411 e. The number of hydrogen-bond donors (Lipinski definition) is 0. The Morgan fingerprint density at radius 1 is 0.957 bits per heavy atom. The van der Waals surface area contributed by atoms with Gasteiger partial charge >= 0.3 is 0 Å². The van der Waals surface area contributed by atoms with Crippen molar-refractivity contribution in [2.24, 2.45) is 0 Å². The van der Waals surface area contributed by atoms with Crippen LogP contribution in [-0.4, -0.2) is 7.05 Å². The molecule has 2 aromatic rings. The van der Waals surface area contributed by atoms with Gasteiger partial charge in [-0.3, -0.25) is 0 Å². The van der Waals surface area contributed by atoms with E-state index in [1.807, 2.05) is 20.8 Å². The molecule has 0 aliphatic carbocycles. The standard InChI is InChI=1S/C20H23N.C2H6/c1-4-6-14-19(5-2)21(3)20-15-10-13-18(16-20)17-11-8-7-9-12-17;1-2/h4,6-16H,5H2,1-3H3;1-2H3/b6-4-,19-14+;. The van der Waals surface area contributed by atoms with Crippen molar-refractivity contribution in [2.45, 2.75) is 34.1 Å². The highest BCUT2D eigenvalue weighted by Gasteiger charge is 2.06. The topological polar surface area (TPSA) is 3.24 Å². The van der Waals surface area contributed by atoms with E-state index in [9.17, 15) is 0 Å². The van der Waals surface area contributed by atoms with E-state index in [2.05, 4.69) is 91.7 Å². The Bertz CT molecular complexity index is 623. The van der Waals surface area contributed by atoms with Crippen LogP contribution in [0.5, 0.6) is 0 Å². The molecule has 2 aromatic carbocycles. The van der Waals surface area contributed by atoms with Crippen LogP contribution in [0.2, 0.25) is 0 Å². The minimum atomic E-state index is 1.01. The molecule has 0 unspecified atom stereocenters. The molecule has 0 saturated heterocycles. The van der Waals surface area contributed by atoms with Gasteiger partial charge in [-0.25, -0.2) is 0 Å². The number of nitrogens with zero attached hydrogens (tertiary/aromatic N) is 1. The highest BCUT2D eigenvalue weighted by atomic mass is 15.1. The zero-order chi connectivity index (χ0) is 17.1. The van der Waals surface area contributed by atoms with Gasteiger partial charge in [-0.2, -0.15) is 0 Å². The monoisotopic (exact) mass is 307 g/mol. The highest BCUT2D eigenvalue weighted by Crippen LogP contribution is 2.26. The quantitative estimate of drug-likeness (QED) is 0.556. The van der Waals surface area contributed by atoms with E-state index in [1.165, 1.54) is 22.5 Å². The molecule has 0 heterocycles. The summed E-state index contributed by atoms with van der Waals surface area (Å²) in [4.78, 5) is 2.26. The summed E-state index contributed by atoms with van der Waals surface area (Å²) in [5.74, 6) is 0. The summed E-state index contributed by atoms with van der Waals surface area (Å²) in [6.07, 6.45) is 7.34. The number of benzene rings is 2. The first-order chi connectivity index (χ1) is 11.3. The first-order valence-corrected chi connectivity index (χ1v) is 8.47. The number of anilines is 1. The van der Waals surface area contributed by atoms with Crippen LogP contribution < -0.4 is 4.90 Å². The first-order valence-electron chi connectivity index (χ1n) is 8.47. The van der Waals surface area contributed by atoms with Gasteiger partial charge in [0.1, 0.15) is 0 Å². The van der Waals surface area contributed by atoms with Crippen molar-refractivity contribution >= 4 is 5.69 Å². The van der Waals surface area contributed by atoms with Crippen molar-refractivity contribution < 1.29 is 0 Å². The van der Waals surface area contributed by atoms with Gasteiger partial charge in [0.05, 0.1) is 0 Å². The minimum absolute atomic E-state index is 1.01. The summed E-state index contributed by atoms with van der Waals surface area (Å²) in [6, 6.07) is 19.2. The summed E-state index contributed by atoms with van der Waals surface area (Å²) in [6.45, 7) is 8.23. The van der Waals surface area contributed by atoms with Crippen molar-refractivity contribution in [1.29, 1.82) is 0 Å². The Morgan fingerprint density at radius 3 is 2.22 bits per heavy atom. The van der Waals surface area contributed by atoms with Gasteiger partial charge in [0.2, 0.25) is 0 Å². The Hall–Kier alpha value is -2.28. The zero-order valence-electron chi connectivity index (χ0n) is 15.1. The Morgan fingerprint density at radius 2 is 1.61 bits per heavy atom. The second-order valence-corrected chi connectivity index (χ2v) is 5.01. The van der Waals surface area contributed by atoms with E-state index < -0.39 is 0 Å². The molecule has 0 amide bonds. The van der Waals surface area contributed by atoms with Crippen LogP contribution in [0, 0.1) is 0 Å². The van der Waals surface area contributed by atoms with E-state index in [1.54, 1.807) is 0 Å². The van der Waals surface area contributed by atoms with Gasteiger partial charge in [0.15, 0.2) is 0 Å². The molecule has 0 atom stereocenters. The summed E-state index contributed by atoms with van der Waals surface area (Å²) >= 11 is 0. The molecule has 0 saturated carbocycles. The largest absolute Gasteiger partial charge is 0.348 e. The first kappa shape index (κ1) is 18.8. The van der Waals surface area contributed by atoms with Crippen LogP contribution in [0.4, 0.5) is 5.69 Å². The summed E-state index contributed by atoms with van der Waals surface area (Å²) < 4.78 is 0. The van der Waals surface area contributed by atoms with E-state index in [0.29, 0.717) is 0 Å². The third-order valence-corrected chi connectivity index (χ3v) is 3.61. The van der Waals surface area contributed by atoms with Crippen molar-refractivity contribution in [1.82, 2.24) is 0 Å². The van der Waals surface area contributed by atoms with Crippen molar-refractivity contribution in [3.8, 4) is 11.1 Å². The maximum atomic E-state index is 2.26. The second-order valence-electron chi connectivity index (χ2n) is 5.01. The van der Waals surface area contributed by atoms with E-state index in [4.69, 9.17) is 0 Å². The summed E-state index contributed by atoms with van der Waals surface area (Å²) in [7, 11) is 2.13. The predicted octanol–water partition coefficient (Wildman–Crippen LogP) is 6.69. The van der Waals surface area contributed by atoms with Gasteiger partial charge in [0.25, 0.3) is 0 Å². The maximum absolute atomic E-state index is 2.26. The normalized spacial score (nSPS) is 11.1. The molecular formula is C22H29N. The molecule has 0 fully saturated rings. The molecule has 1 nitrogen and oxygen atoms in total. The van der Waals surface area contributed by atoms with Crippen LogP contribution in [-0.2, 0) is 0 Å². The Kier molecular flexibility index (Phi) is 8.52. The minimum Gasteiger partial charge on any atom is -0.348 e. The van der Waals surface area contributed by atoms with Gasteiger partial charge in [-0.15, -0.1) is 0 Å². The fraction of sp³-hybridized carbons (Fsp3) is 0.273. The highest BCUT2D eigenvalue weighted by molar-refractivity contribution is 5.69. The van der Waals surface area contributed by atoms with Crippen LogP contribution >= 0.6 is 0 Å². The second kappa shape index (κ2) is 10.4. The SMILES string of the molecule is C/C=C\C=C(/CC)N(C)c1cccc(-c2ccccc2)c1.CC. The fourth-order valence-corrected chi connectivity index (χ4v) is 2.36. The number of allylic oxidation sites excluding steroid dienone is 4. The van der Waals surface area contributed by atoms with Crippen molar-refractivity contribution in [2.75, 3.05) is 11.9 Å². The average molecular weight is 307 g/mol. The lowest BCUT2D eigenvalue weighted by atomic mass is 10.0. The average Bonchev–Trinajstić information content (AvgIpc) is 2.64. The van der Waals surface area contributed by atoms with Gasteiger partial charge < -0.3 is 4.90 Å². The molecule has 122 valence electrons. The molecule has 0 N–H and O–H groups in total. The van der Waals surface area contributed by atoms with Gasteiger partial charge in [0, 0.05) is 18.4 Å². The van der Waals surface area contributed by atoms with Crippen LogP contribution in [0.1, 0.15) is 34.1 Å². The molecule has 0 spiro atoms. The van der Waals surface area contributed by atoms with Crippen LogP contribution in [0.3, 0.4) is 0 Å². The lowest BCUT2D eigenvalue weighted by molar-refractivity contribution is 0.977. The predicted molar refractivity (Wildman–Crippen MR) is 105 cm³/mol. The third-order valence-electron chi connectivity index (χ3n) is 3.61. The summed E-state index contributed by atoms with van der Waals surface area (Å²) in [5.41, 5.74) is 5.02. The van der Waals surface area contributed by atoms with Gasteiger partial charge in [-0.1, -0.05) is 75.4 Å². The molecule has 23 heavy (non-hydrogen) atoms. The molecule has 0 aromatic heterocycles. The Labute approximate surface area is 142 Å². The molecule has 1 heteroatoms. The van der Waals surface area contributed by atoms with Crippen LogP contribution in [0.25, 0.3) is 11.1 Å². The van der Waals surface area contributed by atoms with E-state index in [0.717, 1.165) is 6.42 Å². The lowest BCUT2D eigenvalue weighted by Crippen LogP contribution is -2.15. The van der Waals surface area contributed by atoms with Crippen molar-refractivity contribution in [3.63, 3.8) is 0 Å². The molecule has 0 bridgehead atoms. The Balaban J connectivity index is 0.00000127. The van der Waals surface area contributed by atoms with Crippen molar-refractivity contribution in [3.05, 3.63) is 78.5 Å². The number of hydrogen-bond acceptors (Lipinski definition) is 1. The molecule has 0 aliphatic rings.